The van der Waals surface area contributed by atoms with Gasteiger partial charge in [0.15, 0.2) is 6.61 Å². The van der Waals surface area contributed by atoms with Crippen LogP contribution < -0.4 is 15.8 Å². The van der Waals surface area contributed by atoms with Gasteiger partial charge in [-0.25, -0.2) is 0 Å². The molecule has 112 valence electrons. The quantitative estimate of drug-likeness (QED) is 0.834. The molecule has 0 fully saturated rings. The lowest BCUT2D eigenvalue weighted by Gasteiger charge is -2.16. The van der Waals surface area contributed by atoms with Gasteiger partial charge in [0.2, 0.25) is 0 Å². The van der Waals surface area contributed by atoms with E-state index >= 15 is 0 Å². The molecule has 0 bridgehead atoms. The van der Waals surface area contributed by atoms with Crippen LogP contribution in [0.15, 0.2) is 16.6 Å². The van der Waals surface area contributed by atoms with Crippen LogP contribution >= 0.6 is 15.9 Å². The van der Waals surface area contributed by atoms with Crippen molar-refractivity contribution in [1.29, 1.82) is 0 Å². The summed E-state index contributed by atoms with van der Waals surface area (Å²) in [4.78, 5) is 11.7. The molecule has 0 radical (unpaired) electrons. The highest BCUT2D eigenvalue weighted by Gasteiger charge is 2.13. The number of nitrogens with two attached hydrogens (primary N) is 1. The predicted octanol–water partition coefficient (Wildman–Crippen LogP) is 2.55. The van der Waals surface area contributed by atoms with E-state index in [9.17, 15) is 4.79 Å². The van der Waals surface area contributed by atoms with Crippen molar-refractivity contribution in [2.45, 2.75) is 46.2 Å². The number of rotatable bonds is 6. The molecule has 0 aromatic heterocycles. The molecule has 1 aromatic rings. The van der Waals surface area contributed by atoms with Crippen molar-refractivity contribution in [3.05, 3.63) is 27.7 Å². The van der Waals surface area contributed by atoms with Crippen LogP contribution in [0.3, 0.4) is 0 Å². The van der Waals surface area contributed by atoms with Gasteiger partial charge in [-0.1, -0.05) is 15.9 Å². The summed E-state index contributed by atoms with van der Waals surface area (Å²) in [6, 6.07) is 4.11. The molecule has 4 nitrogen and oxygen atoms in total. The lowest BCUT2D eigenvalue weighted by molar-refractivity contribution is -0.123. The van der Waals surface area contributed by atoms with Crippen molar-refractivity contribution in [1.82, 2.24) is 5.32 Å². The van der Waals surface area contributed by atoms with Crippen molar-refractivity contribution >= 4 is 21.8 Å². The first kappa shape index (κ1) is 17.0. The first-order valence-electron chi connectivity index (χ1n) is 6.76. The Kier molecular flexibility index (Phi) is 6.49. The number of amides is 1. The highest BCUT2D eigenvalue weighted by molar-refractivity contribution is 9.10. The number of aryl methyl sites for hydroxylation is 1. The molecular weight excluding hydrogens is 320 g/mol. The van der Waals surface area contributed by atoms with Gasteiger partial charge in [0.05, 0.1) is 0 Å². The van der Waals surface area contributed by atoms with E-state index < -0.39 is 0 Å². The molecule has 0 heterocycles. The largest absolute Gasteiger partial charge is 0.483 e. The van der Waals surface area contributed by atoms with E-state index in [1.54, 1.807) is 0 Å². The first-order valence-corrected chi connectivity index (χ1v) is 7.55. The number of carbonyl (C=O) groups excluding carboxylic acids is 1. The summed E-state index contributed by atoms with van der Waals surface area (Å²) in [5, 5.41) is 2.81. The number of ether oxygens (including phenoxy) is 1. The summed E-state index contributed by atoms with van der Waals surface area (Å²) >= 11 is 3.47. The third kappa shape index (κ3) is 5.51. The van der Waals surface area contributed by atoms with Gasteiger partial charge in [-0.2, -0.15) is 0 Å². The fraction of sp³-hybridized carbons (Fsp3) is 0.533. The fourth-order valence-corrected chi connectivity index (χ4v) is 2.63. The minimum Gasteiger partial charge on any atom is -0.483 e. The standard InChI is InChI=1S/C15H23BrN2O2/c1-9(2)18-14(19)8-20-15-10(3)5-13(16)7-12(15)6-11(4)17/h5,7,9,11H,6,8,17H2,1-4H3,(H,18,19). The molecule has 1 rings (SSSR count). The van der Waals surface area contributed by atoms with Crippen LogP contribution in [0.25, 0.3) is 0 Å². The highest BCUT2D eigenvalue weighted by atomic mass is 79.9. The monoisotopic (exact) mass is 342 g/mol. The van der Waals surface area contributed by atoms with E-state index in [-0.39, 0.29) is 24.6 Å². The summed E-state index contributed by atoms with van der Waals surface area (Å²) < 4.78 is 6.69. The van der Waals surface area contributed by atoms with Gasteiger partial charge >= 0.3 is 0 Å². The van der Waals surface area contributed by atoms with E-state index in [4.69, 9.17) is 10.5 Å². The molecule has 1 amide bonds. The molecule has 0 aliphatic heterocycles. The Morgan fingerprint density at radius 3 is 2.60 bits per heavy atom. The number of carbonyl (C=O) groups is 1. The van der Waals surface area contributed by atoms with Crippen LogP contribution in [-0.2, 0) is 11.2 Å². The van der Waals surface area contributed by atoms with Gasteiger partial charge in [0.25, 0.3) is 5.91 Å². The van der Waals surface area contributed by atoms with E-state index in [2.05, 4.69) is 21.2 Å². The van der Waals surface area contributed by atoms with Crippen molar-refractivity contribution in [2.24, 2.45) is 5.73 Å². The maximum Gasteiger partial charge on any atom is 0.258 e. The molecule has 0 saturated heterocycles. The molecule has 1 aromatic carbocycles. The lowest BCUT2D eigenvalue weighted by atomic mass is 10.0. The van der Waals surface area contributed by atoms with Gasteiger partial charge in [0.1, 0.15) is 5.75 Å². The predicted molar refractivity (Wildman–Crippen MR) is 85.0 cm³/mol. The zero-order valence-corrected chi connectivity index (χ0v) is 14.1. The lowest BCUT2D eigenvalue weighted by Crippen LogP contribution is -2.34. The van der Waals surface area contributed by atoms with Crippen LogP contribution in [0, 0.1) is 6.92 Å². The SMILES string of the molecule is Cc1cc(Br)cc(CC(C)N)c1OCC(=O)NC(C)C. The Hall–Kier alpha value is -1.07. The zero-order valence-electron chi connectivity index (χ0n) is 12.5. The maximum atomic E-state index is 11.7. The van der Waals surface area contributed by atoms with Crippen LogP contribution in [0.5, 0.6) is 5.75 Å². The Bertz CT molecular complexity index is 473. The second-order valence-electron chi connectivity index (χ2n) is 5.40. The highest BCUT2D eigenvalue weighted by Crippen LogP contribution is 2.29. The van der Waals surface area contributed by atoms with Crippen LogP contribution in [0.2, 0.25) is 0 Å². The molecule has 0 aliphatic carbocycles. The summed E-state index contributed by atoms with van der Waals surface area (Å²) in [5.74, 6) is 0.637. The molecule has 0 saturated carbocycles. The summed E-state index contributed by atoms with van der Waals surface area (Å²) in [6.45, 7) is 7.78. The Morgan fingerprint density at radius 1 is 1.40 bits per heavy atom. The summed E-state index contributed by atoms with van der Waals surface area (Å²) in [7, 11) is 0. The second-order valence-corrected chi connectivity index (χ2v) is 6.32. The van der Waals surface area contributed by atoms with Gasteiger partial charge in [-0.05, 0) is 57.4 Å². The molecule has 5 heteroatoms. The molecule has 3 N–H and O–H groups in total. The van der Waals surface area contributed by atoms with Gasteiger partial charge in [-0.3, -0.25) is 4.79 Å². The van der Waals surface area contributed by atoms with Gasteiger partial charge in [-0.15, -0.1) is 0 Å². The number of halogens is 1. The average Bonchev–Trinajstić information content (AvgIpc) is 2.25. The van der Waals surface area contributed by atoms with E-state index in [1.807, 2.05) is 39.8 Å². The van der Waals surface area contributed by atoms with Crippen LogP contribution in [0.4, 0.5) is 0 Å². The number of benzene rings is 1. The molecule has 1 unspecified atom stereocenters. The topological polar surface area (TPSA) is 64.3 Å². The Labute approximate surface area is 129 Å². The van der Waals surface area contributed by atoms with Crippen LogP contribution in [0.1, 0.15) is 31.9 Å². The third-order valence-electron chi connectivity index (χ3n) is 2.66. The molecular formula is C15H23BrN2O2. The normalized spacial score (nSPS) is 12.3. The van der Waals surface area contributed by atoms with Crippen molar-refractivity contribution in [2.75, 3.05) is 6.61 Å². The van der Waals surface area contributed by atoms with Crippen molar-refractivity contribution in [3.63, 3.8) is 0 Å². The van der Waals surface area contributed by atoms with Gasteiger partial charge < -0.3 is 15.8 Å². The average molecular weight is 343 g/mol. The Morgan fingerprint density at radius 2 is 2.05 bits per heavy atom. The third-order valence-corrected chi connectivity index (χ3v) is 3.11. The molecule has 1 atom stereocenters. The summed E-state index contributed by atoms with van der Waals surface area (Å²) in [5.41, 5.74) is 7.88. The number of hydrogen-bond acceptors (Lipinski definition) is 3. The van der Waals surface area contributed by atoms with E-state index in [1.165, 1.54) is 0 Å². The molecule has 0 aliphatic rings. The smallest absolute Gasteiger partial charge is 0.258 e. The van der Waals surface area contributed by atoms with Crippen LogP contribution in [-0.4, -0.2) is 24.6 Å². The number of nitrogens with one attached hydrogen (secondary N) is 1. The zero-order chi connectivity index (χ0) is 15.3. The fourth-order valence-electron chi connectivity index (χ4n) is 2.01. The van der Waals surface area contributed by atoms with E-state index in [0.29, 0.717) is 6.42 Å². The van der Waals surface area contributed by atoms with Crippen molar-refractivity contribution in [3.8, 4) is 5.75 Å². The van der Waals surface area contributed by atoms with Crippen molar-refractivity contribution < 1.29 is 9.53 Å². The maximum absolute atomic E-state index is 11.7. The first-order chi connectivity index (χ1) is 9.29. The molecule has 0 spiro atoms. The van der Waals surface area contributed by atoms with Gasteiger partial charge in [0, 0.05) is 16.6 Å². The Balaban J connectivity index is 2.84. The van der Waals surface area contributed by atoms with E-state index in [0.717, 1.165) is 21.3 Å². The second kappa shape index (κ2) is 7.64. The minimum atomic E-state index is -0.117. The number of hydrogen-bond donors (Lipinski definition) is 2. The summed E-state index contributed by atoms with van der Waals surface area (Å²) in [6.07, 6.45) is 0.710. The molecule has 20 heavy (non-hydrogen) atoms. The minimum absolute atomic E-state index is 0.0204.